The third kappa shape index (κ3) is 4.33. The van der Waals surface area contributed by atoms with Crippen LogP contribution in [0.5, 0.6) is 0 Å². The lowest BCUT2D eigenvalue weighted by Gasteiger charge is -2.15. The fraction of sp³-hybridized carbons (Fsp3) is 0.176. The molecular formula is C17H17ClN2O2. The van der Waals surface area contributed by atoms with E-state index in [1.807, 2.05) is 25.1 Å². The number of anilines is 1. The first-order chi connectivity index (χ1) is 10.5. The monoisotopic (exact) mass is 316 g/mol. The number of carbonyl (C=O) groups excluding carboxylic acids is 2. The van der Waals surface area contributed by atoms with Gasteiger partial charge in [-0.3, -0.25) is 9.59 Å². The first-order valence-electron chi connectivity index (χ1n) is 6.89. The molecule has 2 amide bonds. The van der Waals surface area contributed by atoms with Crippen LogP contribution < -0.4 is 10.6 Å². The minimum Gasteiger partial charge on any atom is -0.346 e. The Kier molecular flexibility index (Phi) is 5.17. The zero-order chi connectivity index (χ0) is 16.1. The summed E-state index contributed by atoms with van der Waals surface area (Å²) in [6, 6.07) is 14.0. The molecule has 0 unspecified atom stereocenters. The smallest absolute Gasteiger partial charge is 0.251 e. The van der Waals surface area contributed by atoms with E-state index in [2.05, 4.69) is 10.6 Å². The molecule has 1 atom stereocenters. The quantitative estimate of drug-likeness (QED) is 0.901. The molecule has 0 aliphatic carbocycles. The Bertz CT molecular complexity index is 683. The molecule has 0 aliphatic rings. The number of nitrogens with one attached hydrogen (secondary N) is 2. The molecule has 0 saturated carbocycles. The van der Waals surface area contributed by atoms with Crippen LogP contribution in [-0.4, -0.2) is 11.8 Å². The van der Waals surface area contributed by atoms with E-state index in [-0.39, 0.29) is 17.9 Å². The summed E-state index contributed by atoms with van der Waals surface area (Å²) in [5.74, 6) is -0.325. The number of hydrogen-bond acceptors (Lipinski definition) is 2. The number of halogens is 1. The van der Waals surface area contributed by atoms with Crippen molar-refractivity contribution in [1.29, 1.82) is 0 Å². The number of carbonyl (C=O) groups is 2. The van der Waals surface area contributed by atoms with Crippen molar-refractivity contribution in [2.45, 2.75) is 19.9 Å². The Morgan fingerprint density at radius 3 is 2.36 bits per heavy atom. The Morgan fingerprint density at radius 1 is 1.09 bits per heavy atom. The van der Waals surface area contributed by atoms with Crippen LogP contribution in [0.3, 0.4) is 0 Å². The van der Waals surface area contributed by atoms with Crippen LogP contribution in [0.1, 0.15) is 35.8 Å². The molecule has 0 fully saturated rings. The van der Waals surface area contributed by atoms with Crippen LogP contribution in [0.15, 0.2) is 48.5 Å². The Labute approximate surface area is 134 Å². The average Bonchev–Trinajstić information content (AvgIpc) is 2.47. The minimum atomic E-state index is -0.179. The molecule has 0 bridgehead atoms. The van der Waals surface area contributed by atoms with Gasteiger partial charge >= 0.3 is 0 Å². The molecule has 0 radical (unpaired) electrons. The molecule has 2 rings (SSSR count). The van der Waals surface area contributed by atoms with Gasteiger partial charge in [-0.1, -0.05) is 23.7 Å². The Hall–Kier alpha value is -2.33. The van der Waals surface area contributed by atoms with Gasteiger partial charge in [-0.05, 0) is 48.9 Å². The molecule has 114 valence electrons. The first-order valence-corrected chi connectivity index (χ1v) is 7.27. The molecule has 0 aromatic heterocycles. The van der Waals surface area contributed by atoms with Gasteiger partial charge in [-0.2, -0.15) is 0 Å². The maximum Gasteiger partial charge on any atom is 0.251 e. The first kappa shape index (κ1) is 16.0. The van der Waals surface area contributed by atoms with Gasteiger partial charge < -0.3 is 10.6 Å². The standard InChI is InChI=1S/C17H17ClN2O2/c1-11(14-4-3-5-15(18)10-14)19-17(22)13-6-8-16(9-7-13)20-12(2)21/h3-11H,1-2H3,(H,19,22)(H,20,21)/t11-/m0/s1. The zero-order valence-electron chi connectivity index (χ0n) is 12.4. The van der Waals surface area contributed by atoms with E-state index in [1.54, 1.807) is 30.3 Å². The second kappa shape index (κ2) is 7.09. The predicted molar refractivity (Wildman–Crippen MR) is 88.1 cm³/mol. The largest absolute Gasteiger partial charge is 0.346 e. The summed E-state index contributed by atoms with van der Waals surface area (Å²) in [6.07, 6.45) is 0. The van der Waals surface area contributed by atoms with Crippen LogP contribution >= 0.6 is 11.6 Å². The lowest BCUT2D eigenvalue weighted by Crippen LogP contribution is -2.26. The maximum atomic E-state index is 12.2. The highest BCUT2D eigenvalue weighted by atomic mass is 35.5. The molecule has 0 spiro atoms. The van der Waals surface area contributed by atoms with E-state index in [1.165, 1.54) is 6.92 Å². The van der Waals surface area contributed by atoms with E-state index in [4.69, 9.17) is 11.6 Å². The maximum absolute atomic E-state index is 12.2. The van der Waals surface area contributed by atoms with Crippen molar-refractivity contribution in [3.05, 3.63) is 64.7 Å². The highest BCUT2D eigenvalue weighted by molar-refractivity contribution is 6.30. The van der Waals surface area contributed by atoms with E-state index in [0.29, 0.717) is 16.3 Å². The van der Waals surface area contributed by atoms with Crippen molar-refractivity contribution in [2.24, 2.45) is 0 Å². The summed E-state index contributed by atoms with van der Waals surface area (Å²) in [4.78, 5) is 23.2. The van der Waals surface area contributed by atoms with E-state index in [9.17, 15) is 9.59 Å². The van der Waals surface area contributed by atoms with Crippen molar-refractivity contribution in [3.63, 3.8) is 0 Å². The molecule has 5 heteroatoms. The van der Waals surface area contributed by atoms with Crippen molar-refractivity contribution in [1.82, 2.24) is 5.32 Å². The van der Waals surface area contributed by atoms with Gasteiger partial charge in [0, 0.05) is 23.2 Å². The lowest BCUT2D eigenvalue weighted by molar-refractivity contribution is -0.114. The number of amides is 2. The molecule has 0 aliphatic heterocycles. The van der Waals surface area contributed by atoms with Crippen LogP contribution in [0.2, 0.25) is 5.02 Å². The molecule has 2 aromatic carbocycles. The normalized spacial score (nSPS) is 11.6. The molecule has 2 aromatic rings. The second-order valence-corrected chi connectivity index (χ2v) is 5.45. The summed E-state index contributed by atoms with van der Waals surface area (Å²) in [6.45, 7) is 3.34. The highest BCUT2D eigenvalue weighted by Gasteiger charge is 2.11. The molecule has 22 heavy (non-hydrogen) atoms. The van der Waals surface area contributed by atoms with Crippen LogP contribution in [-0.2, 0) is 4.79 Å². The van der Waals surface area contributed by atoms with Crippen molar-refractivity contribution in [3.8, 4) is 0 Å². The van der Waals surface area contributed by atoms with Gasteiger partial charge in [-0.25, -0.2) is 0 Å². The SMILES string of the molecule is CC(=O)Nc1ccc(C(=O)N[C@@H](C)c2cccc(Cl)c2)cc1. The van der Waals surface area contributed by atoms with Crippen molar-refractivity contribution in [2.75, 3.05) is 5.32 Å². The molecule has 4 nitrogen and oxygen atoms in total. The summed E-state index contributed by atoms with van der Waals surface area (Å²) in [5, 5.41) is 6.21. The van der Waals surface area contributed by atoms with Gasteiger partial charge in [0.2, 0.25) is 5.91 Å². The summed E-state index contributed by atoms with van der Waals surface area (Å²) >= 11 is 5.95. The van der Waals surface area contributed by atoms with Crippen molar-refractivity contribution < 1.29 is 9.59 Å². The van der Waals surface area contributed by atoms with E-state index < -0.39 is 0 Å². The molecular weight excluding hydrogens is 300 g/mol. The van der Waals surface area contributed by atoms with E-state index in [0.717, 1.165) is 5.56 Å². The van der Waals surface area contributed by atoms with Crippen LogP contribution in [0.25, 0.3) is 0 Å². The van der Waals surface area contributed by atoms with Gasteiger partial charge in [0.1, 0.15) is 0 Å². The number of rotatable bonds is 4. The number of benzene rings is 2. The minimum absolute atomic E-state index is 0.146. The fourth-order valence-electron chi connectivity index (χ4n) is 2.05. The zero-order valence-corrected chi connectivity index (χ0v) is 13.1. The van der Waals surface area contributed by atoms with Gasteiger partial charge in [0.15, 0.2) is 0 Å². The summed E-state index contributed by atoms with van der Waals surface area (Å²) < 4.78 is 0. The molecule has 2 N–H and O–H groups in total. The van der Waals surface area contributed by atoms with E-state index >= 15 is 0 Å². The Morgan fingerprint density at radius 2 is 1.77 bits per heavy atom. The van der Waals surface area contributed by atoms with Crippen LogP contribution in [0.4, 0.5) is 5.69 Å². The topological polar surface area (TPSA) is 58.2 Å². The third-order valence-electron chi connectivity index (χ3n) is 3.16. The van der Waals surface area contributed by atoms with Crippen molar-refractivity contribution >= 4 is 29.1 Å². The average molecular weight is 317 g/mol. The van der Waals surface area contributed by atoms with Gasteiger partial charge in [-0.15, -0.1) is 0 Å². The Balaban J connectivity index is 2.04. The molecule has 0 saturated heterocycles. The second-order valence-electron chi connectivity index (χ2n) is 5.01. The highest BCUT2D eigenvalue weighted by Crippen LogP contribution is 2.18. The fourth-order valence-corrected chi connectivity index (χ4v) is 2.25. The van der Waals surface area contributed by atoms with Gasteiger partial charge in [0.25, 0.3) is 5.91 Å². The lowest BCUT2D eigenvalue weighted by atomic mass is 10.1. The number of hydrogen-bond donors (Lipinski definition) is 2. The predicted octanol–water partition coefficient (Wildman–Crippen LogP) is 3.79. The van der Waals surface area contributed by atoms with Crippen LogP contribution in [0, 0.1) is 0 Å². The summed E-state index contributed by atoms with van der Waals surface area (Å²) in [7, 11) is 0. The third-order valence-corrected chi connectivity index (χ3v) is 3.40. The van der Waals surface area contributed by atoms with Gasteiger partial charge in [0.05, 0.1) is 6.04 Å². The molecule has 0 heterocycles. The summed E-state index contributed by atoms with van der Waals surface area (Å²) in [5.41, 5.74) is 2.13.